The van der Waals surface area contributed by atoms with Gasteiger partial charge in [0, 0.05) is 63.3 Å². The van der Waals surface area contributed by atoms with E-state index in [1.165, 1.54) is 6.08 Å². The average Bonchev–Trinajstić information content (AvgIpc) is 2.95. The summed E-state index contributed by atoms with van der Waals surface area (Å²) in [5, 5.41) is 9.51. The molecule has 2 aromatic rings. The van der Waals surface area contributed by atoms with Crippen molar-refractivity contribution < 1.29 is 9.18 Å². The maximum absolute atomic E-state index is 15.1. The normalized spacial score (nSPS) is 22.6. The van der Waals surface area contributed by atoms with E-state index in [0.717, 1.165) is 86.0 Å². The van der Waals surface area contributed by atoms with Gasteiger partial charge in [0.25, 0.3) is 0 Å². The molecule has 41 heavy (non-hydrogen) atoms. The Morgan fingerprint density at radius 3 is 2.76 bits per heavy atom. The SMILES string of the molecule is C=CC(=O)N1CCN(c2nc(N3CC(N(C)C)C3)nc3c2CC[C@@H](N2CCCc4cccc(F)c42)C3)C[C@@H]1CC#N. The Labute approximate surface area is 241 Å². The maximum atomic E-state index is 15.1. The van der Waals surface area contributed by atoms with Crippen LogP contribution in [-0.2, 0) is 24.1 Å². The number of carbonyl (C=O) groups is 1. The van der Waals surface area contributed by atoms with Crippen LogP contribution in [0, 0.1) is 17.1 Å². The summed E-state index contributed by atoms with van der Waals surface area (Å²) in [5.41, 5.74) is 4.05. The van der Waals surface area contributed by atoms with Crippen LogP contribution >= 0.6 is 0 Å². The molecule has 0 spiro atoms. The number of piperazine rings is 1. The second-order valence-corrected chi connectivity index (χ2v) is 11.9. The largest absolute Gasteiger partial charge is 0.366 e. The van der Waals surface area contributed by atoms with Crippen LogP contribution < -0.4 is 14.7 Å². The van der Waals surface area contributed by atoms with E-state index in [9.17, 15) is 10.1 Å². The molecule has 0 saturated carbocycles. The number of hydrogen-bond acceptors (Lipinski definition) is 8. The van der Waals surface area contributed by atoms with Crippen molar-refractivity contribution in [3.05, 3.63) is 53.5 Å². The maximum Gasteiger partial charge on any atom is 0.246 e. The van der Waals surface area contributed by atoms with E-state index in [2.05, 4.69) is 52.4 Å². The van der Waals surface area contributed by atoms with Gasteiger partial charge in [-0.15, -0.1) is 0 Å². The number of fused-ring (bicyclic) bond motifs is 2. The molecule has 0 radical (unpaired) electrons. The molecule has 9 nitrogen and oxygen atoms in total. The van der Waals surface area contributed by atoms with Crippen molar-refractivity contribution in [2.24, 2.45) is 0 Å². The number of aromatic nitrogens is 2. The van der Waals surface area contributed by atoms with Crippen molar-refractivity contribution in [3.63, 3.8) is 0 Å². The lowest BCUT2D eigenvalue weighted by atomic mass is 9.88. The molecule has 3 aliphatic heterocycles. The van der Waals surface area contributed by atoms with E-state index < -0.39 is 0 Å². The van der Waals surface area contributed by atoms with Crippen molar-refractivity contribution in [1.82, 2.24) is 19.8 Å². The number of likely N-dealkylation sites (N-methyl/N-ethyl adjacent to an activating group) is 1. The second-order valence-electron chi connectivity index (χ2n) is 11.9. The molecule has 1 aromatic heterocycles. The van der Waals surface area contributed by atoms with E-state index in [1.807, 2.05) is 6.07 Å². The number of nitriles is 1. The summed E-state index contributed by atoms with van der Waals surface area (Å²) in [6.07, 6.45) is 5.98. The van der Waals surface area contributed by atoms with Crippen LogP contribution in [0.1, 0.15) is 36.1 Å². The number of carbonyl (C=O) groups excluding carboxylic acids is 1. The lowest BCUT2D eigenvalue weighted by Gasteiger charge is -2.45. The number of halogens is 1. The van der Waals surface area contributed by atoms with Crippen molar-refractivity contribution in [2.45, 2.75) is 56.7 Å². The highest BCUT2D eigenvalue weighted by Crippen LogP contribution is 2.38. The number of hydrogen-bond donors (Lipinski definition) is 0. The smallest absolute Gasteiger partial charge is 0.246 e. The number of benzene rings is 1. The van der Waals surface area contributed by atoms with Crippen LogP contribution in [0.3, 0.4) is 0 Å². The van der Waals surface area contributed by atoms with E-state index in [4.69, 9.17) is 9.97 Å². The van der Waals surface area contributed by atoms with Gasteiger partial charge in [0.15, 0.2) is 0 Å². The Morgan fingerprint density at radius 2 is 2.00 bits per heavy atom. The van der Waals surface area contributed by atoms with Crippen molar-refractivity contribution in [3.8, 4) is 6.07 Å². The van der Waals surface area contributed by atoms with Crippen LogP contribution in [0.5, 0.6) is 0 Å². The molecule has 0 bridgehead atoms. The molecular formula is C31H39FN8O. The Kier molecular flexibility index (Phi) is 7.56. The summed E-state index contributed by atoms with van der Waals surface area (Å²) in [6, 6.07) is 8.12. The number of para-hydroxylation sites is 1. The number of amides is 1. The molecular weight excluding hydrogens is 519 g/mol. The Morgan fingerprint density at radius 1 is 1.17 bits per heavy atom. The standard InChI is InChI=1S/C31H39FN8O/c1-4-28(41)39-16-15-37(18-23(39)12-13-33)30-25-11-10-22(40-14-6-8-21-7-5-9-26(32)29(21)40)17-27(25)34-31(35-30)38-19-24(20-38)36(2)3/h4-5,7,9,22-24H,1,6,8,10-12,14-20H2,2-3H3/t22-,23+/m1/s1. The van der Waals surface area contributed by atoms with Crippen LogP contribution in [0.25, 0.3) is 0 Å². The molecule has 6 rings (SSSR count). The van der Waals surface area contributed by atoms with Crippen molar-refractivity contribution in [1.29, 1.82) is 5.26 Å². The third kappa shape index (κ3) is 5.12. The number of rotatable bonds is 6. The molecule has 4 heterocycles. The molecule has 2 atom stereocenters. The second kappa shape index (κ2) is 11.3. The van der Waals surface area contributed by atoms with Crippen LogP contribution in [0.15, 0.2) is 30.9 Å². The van der Waals surface area contributed by atoms with Gasteiger partial charge < -0.3 is 24.5 Å². The van der Waals surface area contributed by atoms with Gasteiger partial charge >= 0.3 is 0 Å². The molecule has 4 aliphatic rings. The Balaban J connectivity index is 1.33. The third-order valence-corrected chi connectivity index (χ3v) is 9.30. The van der Waals surface area contributed by atoms with Crippen LogP contribution in [-0.4, -0.2) is 97.2 Å². The van der Waals surface area contributed by atoms with E-state index >= 15 is 4.39 Å². The minimum atomic E-state index is -0.223. The molecule has 10 heteroatoms. The minimum Gasteiger partial charge on any atom is -0.366 e. The Bertz CT molecular complexity index is 1370. The zero-order valence-corrected chi connectivity index (χ0v) is 24.1. The average molecular weight is 559 g/mol. The fraction of sp³-hybridized carbons (Fsp3) is 0.548. The first-order chi connectivity index (χ1) is 19.9. The fourth-order valence-electron chi connectivity index (χ4n) is 6.92. The highest BCUT2D eigenvalue weighted by atomic mass is 19.1. The minimum absolute atomic E-state index is 0.136. The molecule has 1 amide bonds. The predicted octanol–water partition coefficient (Wildman–Crippen LogP) is 2.79. The van der Waals surface area contributed by atoms with E-state index in [-0.39, 0.29) is 30.2 Å². The molecule has 1 aromatic carbocycles. The first-order valence-electron chi connectivity index (χ1n) is 14.8. The topological polar surface area (TPSA) is 82.8 Å². The van der Waals surface area contributed by atoms with Crippen molar-refractivity contribution in [2.75, 3.05) is 68.1 Å². The van der Waals surface area contributed by atoms with Crippen LogP contribution in [0.2, 0.25) is 0 Å². The van der Waals surface area contributed by atoms with Gasteiger partial charge in [0.05, 0.1) is 29.9 Å². The summed E-state index contributed by atoms with van der Waals surface area (Å²) >= 11 is 0. The molecule has 216 valence electrons. The van der Waals surface area contributed by atoms with Gasteiger partial charge in [-0.1, -0.05) is 18.7 Å². The van der Waals surface area contributed by atoms with E-state index in [0.29, 0.717) is 25.7 Å². The molecule has 0 unspecified atom stereocenters. The first kappa shape index (κ1) is 27.5. The van der Waals surface area contributed by atoms with E-state index in [1.54, 1.807) is 11.0 Å². The summed E-state index contributed by atoms with van der Waals surface area (Å²) in [7, 11) is 4.20. The summed E-state index contributed by atoms with van der Waals surface area (Å²) in [4.78, 5) is 33.6. The predicted molar refractivity (Wildman–Crippen MR) is 158 cm³/mol. The summed E-state index contributed by atoms with van der Waals surface area (Å²) in [6.45, 7) is 7.95. The first-order valence-corrected chi connectivity index (χ1v) is 14.8. The van der Waals surface area contributed by atoms with Crippen LogP contribution in [0.4, 0.5) is 21.8 Å². The van der Waals surface area contributed by atoms with Gasteiger partial charge in [-0.05, 0) is 57.5 Å². The third-order valence-electron chi connectivity index (χ3n) is 9.30. The quantitative estimate of drug-likeness (QED) is 0.501. The molecule has 0 N–H and O–H groups in total. The number of nitrogens with zero attached hydrogens (tertiary/aromatic N) is 8. The Hall–Kier alpha value is -3.71. The lowest BCUT2D eigenvalue weighted by Crippen LogP contribution is -2.58. The van der Waals surface area contributed by atoms with Gasteiger partial charge in [-0.3, -0.25) is 4.79 Å². The van der Waals surface area contributed by atoms with Gasteiger partial charge in [0.2, 0.25) is 11.9 Å². The molecule has 2 saturated heterocycles. The van der Waals surface area contributed by atoms with Crippen molar-refractivity contribution >= 4 is 23.4 Å². The van der Waals surface area contributed by atoms with Gasteiger partial charge in [0.1, 0.15) is 11.6 Å². The fourth-order valence-corrected chi connectivity index (χ4v) is 6.92. The highest BCUT2D eigenvalue weighted by molar-refractivity contribution is 5.87. The lowest BCUT2D eigenvalue weighted by molar-refractivity contribution is -0.128. The zero-order valence-electron chi connectivity index (χ0n) is 24.1. The monoisotopic (exact) mass is 558 g/mol. The molecule has 1 aliphatic carbocycles. The molecule has 2 fully saturated rings. The zero-order chi connectivity index (χ0) is 28.7. The van der Waals surface area contributed by atoms with Gasteiger partial charge in [-0.25, -0.2) is 9.37 Å². The number of anilines is 3. The summed E-state index contributed by atoms with van der Waals surface area (Å²) < 4.78 is 15.1. The van der Waals surface area contributed by atoms with Gasteiger partial charge in [-0.2, -0.15) is 10.2 Å². The number of aryl methyl sites for hydroxylation is 1. The highest BCUT2D eigenvalue weighted by Gasteiger charge is 2.37. The summed E-state index contributed by atoms with van der Waals surface area (Å²) in [5.74, 6) is 1.39.